The number of rotatable bonds is 8. The third-order valence-electron chi connectivity index (χ3n) is 9.34. The lowest BCUT2D eigenvalue weighted by Gasteiger charge is -2.18. The summed E-state index contributed by atoms with van der Waals surface area (Å²) >= 11 is 0. The molecule has 0 saturated heterocycles. The standard InChI is InChI=1S/C49H33N5/c1-6-18-34(19-7-1)39-28-16-29-40(32-39)43-44(35-20-8-2-9-21-35)50-48(51-45(43)36-22-10-3-11-23-36)41-30-17-31-42(33-41)49-53-46(37-24-12-4-13-25-37)52-47(54-49)38-26-14-5-15-27-38/h1-33H. The van der Waals surface area contributed by atoms with Crippen LogP contribution in [-0.2, 0) is 0 Å². The lowest BCUT2D eigenvalue weighted by molar-refractivity contribution is 1.07. The minimum Gasteiger partial charge on any atom is -0.227 e. The monoisotopic (exact) mass is 691 g/mol. The van der Waals surface area contributed by atoms with Crippen LogP contribution in [0.4, 0.5) is 0 Å². The van der Waals surface area contributed by atoms with Crippen molar-refractivity contribution in [3.05, 3.63) is 200 Å². The van der Waals surface area contributed by atoms with Gasteiger partial charge in [-0.25, -0.2) is 24.9 Å². The molecule has 0 aliphatic carbocycles. The van der Waals surface area contributed by atoms with Gasteiger partial charge >= 0.3 is 0 Å². The number of hydrogen-bond donors (Lipinski definition) is 0. The number of nitrogens with zero attached hydrogens (tertiary/aromatic N) is 5. The summed E-state index contributed by atoms with van der Waals surface area (Å²) in [7, 11) is 0. The second-order valence-corrected chi connectivity index (χ2v) is 12.9. The van der Waals surface area contributed by atoms with E-state index in [1.54, 1.807) is 0 Å². The molecule has 254 valence electrons. The predicted molar refractivity (Wildman–Crippen MR) is 219 cm³/mol. The Morgan fingerprint density at radius 1 is 0.204 bits per heavy atom. The fourth-order valence-corrected chi connectivity index (χ4v) is 6.69. The van der Waals surface area contributed by atoms with Crippen molar-refractivity contribution in [1.82, 2.24) is 24.9 Å². The van der Waals surface area contributed by atoms with Gasteiger partial charge in [0.1, 0.15) is 0 Å². The van der Waals surface area contributed by atoms with Crippen molar-refractivity contribution < 1.29 is 0 Å². The van der Waals surface area contributed by atoms with Crippen molar-refractivity contribution in [2.45, 2.75) is 0 Å². The normalized spacial score (nSPS) is 11.0. The van der Waals surface area contributed by atoms with Gasteiger partial charge in [-0.2, -0.15) is 0 Å². The lowest BCUT2D eigenvalue weighted by Crippen LogP contribution is -2.02. The highest BCUT2D eigenvalue weighted by Gasteiger charge is 2.21. The van der Waals surface area contributed by atoms with Gasteiger partial charge in [0.05, 0.1) is 11.4 Å². The van der Waals surface area contributed by atoms with Crippen molar-refractivity contribution in [3.8, 4) is 90.3 Å². The molecule has 0 spiro atoms. The van der Waals surface area contributed by atoms with Crippen molar-refractivity contribution in [1.29, 1.82) is 0 Å². The van der Waals surface area contributed by atoms with E-state index in [0.29, 0.717) is 23.3 Å². The highest BCUT2D eigenvalue weighted by molar-refractivity contribution is 5.93. The first-order valence-corrected chi connectivity index (χ1v) is 17.9. The predicted octanol–water partition coefficient (Wildman–Crippen LogP) is 12.0. The average molecular weight is 692 g/mol. The Kier molecular flexibility index (Phi) is 8.86. The number of aromatic nitrogens is 5. The van der Waals surface area contributed by atoms with Crippen LogP contribution in [0.2, 0.25) is 0 Å². The van der Waals surface area contributed by atoms with Crippen LogP contribution >= 0.6 is 0 Å². The van der Waals surface area contributed by atoms with Crippen molar-refractivity contribution in [2.24, 2.45) is 0 Å². The molecule has 0 atom stereocenters. The molecule has 0 N–H and O–H groups in total. The first-order valence-electron chi connectivity index (χ1n) is 17.9. The second-order valence-electron chi connectivity index (χ2n) is 12.9. The first kappa shape index (κ1) is 32.5. The zero-order valence-corrected chi connectivity index (χ0v) is 29.3. The van der Waals surface area contributed by atoms with Gasteiger partial charge in [0.15, 0.2) is 23.3 Å². The van der Waals surface area contributed by atoms with Crippen LogP contribution in [0, 0.1) is 0 Å². The summed E-state index contributed by atoms with van der Waals surface area (Å²) in [5.41, 5.74) is 11.6. The lowest BCUT2D eigenvalue weighted by atomic mass is 9.92. The fourth-order valence-electron chi connectivity index (χ4n) is 6.69. The Labute approximate surface area is 314 Å². The van der Waals surface area contributed by atoms with E-state index in [0.717, 1.165) is 67.0 Å². The molecule has 9 aromatic rings. The van der Waals surface area contributed by atoms with E-state index in [1.165, 1.54) is 0 Å². The number of benzene rings is 7. The summed E-state index contributed by atoms with van der Waals surface area (Å²) in [6.45, 7) is 0. The molecule has 0 aliphatic rings. The van der Waals surface area contributed by atoms with Gasteiger partial charge in [0, 0.05) is 38.9 Å². The number of hydrogen-bond acceptors (Lipinski definition) is 5. The van der Waals surface area contributed by atoms with E-state index in [4.69, 9.17) is 24.9 Å². The van der Waals surface area contributed by atoms with Gasteiger partial charge in [-0.05, 0) is 28.8 Å². The van der Waals surface area contributed by atoms with Crippen LogP contribution < -0.4 is 0 Å². The molecule has 2 aromatic heterocycles. The van der Waals surface area contributed by atoms with Gasteiger partial charge in [0.25, 0.3) is 0 Å². The molecule has 0 saturated carbocycles. The van der Waals surface area contributed by atoms with Crippen LogP contribution in [0.15, 0.2) is 200 Å². The summed E-state index contributed by atoms with van der Waals surface area (Å²) < 4.78 is 0. The third kappa shape index (κ3) is 6.70. The quantitative estimate of drug-likeness (QED) is 0.159. The molecule has 5 heteroatoms. The maximum Gasteiger partial charge on any atom is 0.164 e. The molecular formula is C49H33N5. The van der Waals surface area contributed by atoms with Crippen molar-refractivity contribution in [3.63, 3.8) is 0 Å². The summed E-state index contributed by atoms with van der Waals surface area (Å²) in [6, 6.07) is 68.1. The Morgan fingerprint density at radius 2 is 0.500 bits per heavy atom. The van der Waals surface area contributed by atoms with Crippen LogP contribution in [0.25, 0.3) is 90.3 Å². The van der Waals surface area contributed by atoms with E-state index in [-0.39, 0.29) is 0 Å². The Morgan fingerprint density at radius 3 is 0.944 bits per heavy atom. The van der Waals surface area contributed by atoms with E-state index in [1.807, 2.05) is 91.0 Å². The SMILES string of the molecule is c1ccc(-c2cccc(-c3c(-c4ccccc4)nc(-c4cccc(-c5nc(-c6ccccc6)nc(-c6ccccc6)n5)c4)nc3-c3ccccc3)c2)cc1. The highest BCUT2D eigenvalue weighted by atomic mass is 15.0. The van der Waals surface area contributed by atoms with E-state index >= 15 is 0 Å². The van der Waals surface area contributed by atoms with Gasteiger partial charge in [0.2, 0.25) is 0 Å². The fraction of sp³-hybridized carbons (Fsp3) is 0. The third-order valence-corrected chi connectivity index (χ3v) is 9.34. The van der Waals surface area contributed by atoms with Crippen LogP contribution in [-0.4, -0.2) is 24.9 Å². The molecule has 7 aromatic carbocycles. The zero-order chi connectivity index (χ0) is 36.1. The summed E-state index contributed by atoms with van der Waals surface area (Å²) in [5.74, 6) is 2.41. The molecule has 0 radical (unpaired) electrons. The Bertz CT molecular complexity index is 2560. The minimum atomic E-state index is 0.575. The molecular weight excluding hydrogens is 659 g/mol. The minimum absolute atomic E-state index is 0.575. The van der Waals surface area contributed by atoms with Gasteiger partial charge in [-0.15, -0.1) is 0 Å². The van der Waals surface area contributed by atoms with E-state index in [9.17, 15) is 0 Å². The van der Waals surface area contributed by atoms with E-state index < -0.39 is 0 Å². The maximum absolute atomic E-state index is 5.38. The Hall–Kier alpha value is -7.37. The molecule has 0 aliphatic heterocycles. The molecule has 5 nitrogen and oxygen atoms in total. The summed E-state index contributed by atoms with van der Waals surface area (Å²) in [5, 5.41) is 0. The maximum atomic E-state index is 5.38. The van der Waals surface area contributed by atoms with E-state index in [2.05, 4.69) is 109 Å². The molecule has 2 heterocycles. The topological polar surface area (TPSA) is 64.5 Å². The highest BCUT2D eigenvalue weighted by Crippen LogP contribution is 2.41. The molecule has 54 heavy (non-hydrogen) atoms. The van der Waals surface area contributed by atoms with Gasteiger partial charge in [-0.3, -0.25) is 0 Å². The van der Waals surface area contributed by atoms with Gasteiger partial charge in [-0.1, -0.05) is 188 Å². The van der Waals surface area contributed by atoms with Crippen LogP contribution in [0.1, 0.15) is 0 Å². The van der Waals surface area contributed by atoms with Crippen molar-refractivity contribution >= 4 is 0 Å². The molecule has 0 fully saturated rings. The average Bonchev–Trinajstić information content (AvgIpc) is 3.27. The Balaban J connectivity index is 1.24. The molecule has 0 amide bonds. The molecule has 0 bridgehead atoms. The van der Waals surface area contributed by atoms with Crippen LogP contribution in [0.3, 0.4) is 0 Å². The zero-order valence-electron chi connectivity index (χ0n) is 29.3. The molecule has 0 unspecified atom stereocenters. The largest absolute Gasteiger partial charge is 0.227 e. The summed E-state index contributed by atoms with van der Waals surface area (Å²) in [4.78, 5) is 25.6. The van der Waals surface area contributed by atoms with Crippen LogP contribution in [0.5, 0.6) is 0 Å². The molecule has 9 rings (SSSR count). The second kappa shape index (κ2) is 14.7. The van der Waals surface area contributed by atoms with Crippen molar-refractivity contribution in [2.75, 3.05) is 0 Å². The smallest absolute Gasteiger partial charge is 0.164 e. The first-order chi connectivity index (χ1) is 26.8. The summed E-state index contributed by atoms with van der Waals surface area (Å²) in [6.07, 6.45) is 0. The van der Waals surface area contributed by atoms with Gasteiger partial charge < -0.3 is 0 Å².